The number of fused-ring (bicyclic) bond motifs is 23. The molecule has 766 valence electrons. The summed E-state index contributed by atoms with van der Waals surface area (Å²) in [5.41, 5.74) is 13.8. The third-order valence-corrected chi connectivity index (χ3v) is 46.3. The van der Waals surface area contributed by atoms with Crippen molar-refractivity contribution in [3.63, 3.8) is 0 Å². The van der Waals surface area contributed by atoms with Gasteiger partial charge in [-0.1, -0.05) is 78.8 Å². The van der Waals surface area contributed by atoms with Gasteiger partial charge in [0.05, 0.1) is 50.7 Å². The minimum absolute atomic E-state index is 0. The van der Waals surface area contributed by atoms with Gasteiger partial charge in [0.25, 0.3) is 0 Å². The molecule has 0 unspecified atom stereocenters. The zero-order valence-corrected chi connectivity index (χ0v) is 88.3. The number of Topliss-reactive ketones (excluding diaryl/α,β-unsaturated/α-hetero) is 4. The standard InChI is InChI=1S/C29H43FN2O2.C29H41N3O4S.2C29H41N3O2.H3N/c1-17-5-10-23(26(31)25(17)30)32-16-24(33)22-9-8-20-19-7-6-18-15-27(2,34)13-14-28(18,3)21(19)11-12-29(20,22)4;1-27(34)13-14-28(2)18(16-27)5-7-20-21-8-9-23(29(21,3)12-11-22(20)28)26(33)17-32-30-24-10-6-19(37(4,35)36)15-25(24)31-32;1-18-5-10-24-25(15-18)32(31-30-24)17-26(33)23-9-8-21-20-7-6-19-16-27(2,34)13-14-28(19,3)22(20)11-12-29(21,23)4;1-18-5-10-24-25(15-18)31-32(30-24)17-26(33)23-9-8-21-20-7-6-19-16-27(2,34)13-14-28(19,3)22(20)11-12-29(21,23)4;/h5,10,18-22,32,34H,6-9,11-16,31H2,1-4H3;6,10,15,18,20-23,34H,5,7-9,11-14,16-17H2,1-4H3;2*5,10,15,19-23,34H,6-9,11-14,16-17H2,1-4H3;1H3/t18-,19-,20-,21-,22+,27+,28-,29-;18-,20+,21+,22+,23-,27-,28+,29+;2*19-,20+,21+,22+,23-,27-,28+,29+;/m0111./s1. The molecular formula is C116H169FN12O10S. The number of aryl methyl sites for hydroxylation is 3. The molecule has 0 spiro atoms. The van der Waals surface area contributed by atoms with Crippen molar-refractivity contribution in [1.82, 2.24) is 51.1 Å². The Morgan fingerprint density at radius 2 is 0.714 bits per heavy atom. The monoisotopic (exact) mass is 1940 g/mol. The number of sulfone groups is 1. The molecule has 0 saturated heterocycles. The maximum atomic E-state index is 14.2. The number of rotatable bonds is 14. The van der Waals surface area contributed by atoms with E-state index in [1.165, 1.54) is 131 Å². The Bertz CT molecular complexity index is 6000. The normalized spacial score (nSPS) is 42.9. The van der Waals surface area contributed by atoms with E-state index in [0.29, 0.717) is 134 Å². The fourth-order valence-corrected chi connectivity index (χ4v) is 38.0. The van der Waals surface area contributed by atoms with Crippen molar-refractivity contribution in [2.24, 2.45) is 162 Å². The van der Waals surface area contributed by atoms with Crippen LogP contribution in [0.1, 0.15) is 331 Å². The molecule has 0 bridgehead atoms. The van der Waals surface area contributed by atoms with E-state index in [0.717, 1.165) is 180 Å². The topological polar surface area (TPSA) is 349 Å². The Labute approximate surface area is 832 Å². The van der Waals surface area contributed by atoms with E-state index in [-0.39, 0.29) is 86.7 Å². The summed E-state index contributed by atoms with van der Waals surface area (Å²) in [4.78, 5) is 57.7. The van der Waals surface area contributed by atoms with Crippen LogP contribution in [0.5, 0.6) is 0 Å². The number of carbonyl (C=O) groups is 4. The van der Waals surface area contributed by atoms with Gasteiger partial charge in [0, 0.05) is 29.9 Å². The number of ketones is 4. The van der Waals surface area contributed by atoms with Crippen LogP contribution in [0.25, 0.3) is 33.1 Å². The molecule has 24 heteroatoms. The summed E-state index contributed by atoms with van der Waals surface area (Å²) in [6, 6.07) is 20.4. The first-order valence-corrected chi connectivity index (χ1v) is 56.8. The van der Waals surface area contributed by atoms with Gasteiger partial charge in [-0.2, -0.15) is 30.0 Å². The van der Waals surface area contributed by atoms with Crippen LogP contribution in [-0.2, 0) is 48.6 Å². The van der Waals surface area contributed by atoms with Crippen molar-refractivity contribution >= 4 is 77.4 Å². The van der Waals surface area contributed by atoms with E-state index >= 15 is 0 Å². The largest absolute Gasteiger partial charge is 0.395 e. The van der Waals surface area contributed by atoms with Gasteiger partial charge in [-0.3, -0.25) is 19.2 Å². The summed E-state index contributed by atoms with van der Waals surface area (Å²) in [5, 5.41) is 72.8. The number of carbonyl (C=O) groups excluding carboxylic acids is 4. The summed E-state index contributed by atoms with van der Waals surface area (Å²) in [5.74, 6) is 12.0. The number of nitrogen functional groups attached to an aromatic ring is 1. The Hall–Kier alpha value is -6.96. The fraction of sp³-hybridized carbons (Fsp3) is 0.759. The van der Waals surface area contributed by atoms with Crippen LogP contribution in [0.3, 0.4) is 0 Å². The number of aromatic nitrogens is 9. The fourth-order valence-electron chi connectivity index (χ4n) is 37.3. The highest BCUT2D eigenvalue weighted by Gasteiger charge is 2.68. The Morgan fingerprint density at radius 3 is 1.09 bits per heavy atom. The van der Waals surface area contributed by atoms with E-state index < -0.39 is 38.1 Å². The maximum Gasteiger partial charge on any atom is 0.175 e. The Kier molecular flexibility index (Phi) is 26.5. The second kappa shape index (κ2) is 36.6. The molecule has 16 aliphatic rings. The van der Waals surface area contributed by atoms with E-state index in [1.807, 2.05) is 62.7 Å². The third kappa shape index (κ3) is 17.8. The third-order valence-electron chi connectivity index (χ3n) is 45.2. The predicted octanol–water partition coefficient (Wildman–Crippen LogP) is 22.5. The smallest absolute Gasteiger partial charge is 0.175 e. The van der Waals surface area contributed by atoms with Crippen molar-refractivity contribution in [2.45, 2.75) is 382 Å². The van der Waals surface area contributed by atoms with E-state index in [9.17, 15) is 52.4 Å². The predicted molar refractivity (Wildman–Crippen MR) is 548 cm³/mol. The lowest BCUT2D eigenvalue weighted by atomic mass is 9.44. The molecule has 16 saturated carbocycles. The SMILES string of the molecule is C[C@@]1(O)CC[C@@]2(C)[C@H](CC[C@@H]3[C@@H]2CC[C@]2(C)[C@@H](C(=O)Cn4nc5ccc(S(C)(=O)=O)cc5n4)CC[C@@H]32)C1.Cc1ccc(NCC(=O)[C@H]2CC[C@H]3[C@@H]4CC[C@H]5C[C@](C)(O)CC[C@]5(C)[C@H]4CC[C@]23C)c(N)c1F.Cc1ccc2nn(CC(=O)[C@H]3CC[C@H]4[C@@H]5CC[C@@H]6C[C@](C)(O)CC[C@]6(C)[C@H]5CC[C@]34C)nc2c1.Cc1ccc2nnn(CC(=O)[C@H]3CC[C@H]4[C@@H]5CC[C@@H]6C[C@](C)(O)CC[C@]6(C)[C@H]5CC[C@]34C)c2c1.N. The highest BCUT2D eigenvalue weighted by molar-refractivity contribution is 7.90. The van der Waals surface area contributed by atoms with Gasteiger partial charge in [-0.05, 0) is 483 Å². The second-order valence-corrected chi connectivity index (χ2v) is 55.1. The van der Waals surface area contributed by atoms with E-state index in [1.54, 1.807) is 36.0 Å². The van der Waals surface area contributed by atoms with Crippen LogP contribution in [0.15, 0.2) is 71.6 Å². The Balaban J connectivity index is 0.000000119. The van der Waals surface area contributed by atoms with Gasteiger partial charge < -0.3 is 37.6 Å². The lowest BCUT2D eigenvalue weighted by Gasteiger charge is -2.61. The van der Waals surface area contributed by atoms with Gasteiger partial charge >= 0.3 is 0 Å². The number of aliphatic hydroxyl groups is 4. The number of nitrogens with one attached hydrogen (secondary N) is 1. The summed E-state index contributed by atoms with van der Waals surface area (Å²) >= 11 is 0. The number of nitrogens with two attached hydrogens (primary N) is 1. The number of anilines is 2. The minimum atomic E-state index is -3.33. The maximum absolute atomic E-state index is 14.2. The molecule has 16 aliphatic carbocycles. The van der Waals surface area contributed by atoms with Crippen molar-refractivity contribution in [3.05, 3.63) is 89.2 Å². The molecule has 16 fully saturated rings. The van der Waals surface area contributed by atoms with Gasteiger partial charge in [0.15, 0.2) is 38.8 Å². The zero-order chi connectivity index (χ0) is 98.6. The number of hydrogen-bond donors (Lipinski definition) is 7. The molecule has 32 atom stereocenters. The van der Waals surface area contributed by atoms with Crippen LogP contribution in [0, 0.1) is 188 Å². The van der Waals surface area contributed by atoms with Crippen molar-refractivity contribution in [3.8, 4) is 0 Å². The molecule has 3 heterocycles. The molecule has 140 heavy (non-hydrogen) atoms. The highest BCUT2D eigenvalue weighted by Crippen LogP contribution is 2.74. The molecule has 0 amide bonds. The van der Waals surface area contributed by atoms with Gasteiger partial charge in [-0.15, -0.1) is 5.10 Å². The van der Waals surface area contributed by atoms with Crippen molar-refractivity contribution in [2.75, 3.05) is 23.9 Å². The lowest BCUT2D eigenvalue weighted by Crippen LogP contribution is -2.55. The van der Waals surface area contributed by atoms with Gasteiger partial charge in [0.1, 0.15) is 47.2 Å². The van der Waals surface area contributed by atoms with E-state index in [2.05, 4.69) is 111 Å². The first-order chi connectivity index (χ1) is 65.5. The zero-order valence-electron chi connectivity index (χ0n) is 87.5. The summed E-state index contributed by atoms with van der Waals surface area (Å²) in [6.07, 6.45) is 41.4. The van der Waals surface area contributed by atoms with Crippen molar-refractivity contribution in [1.29, 1.82) is 0 Å². The number of nitrogens with zero attached hydrogens (tertiary/aromatic N) is 9. The van der Waals surface area contributed by atoms with E-state index in [4.69, 9.17) is 5.73 Å². The molecule has 3 aromatic heterocycles. The average Bonchev–Trinajstić information content (AvgIpc) is 1.49. The number of benzene rings is 4. The summed E-state index contributed by atoms with van der Waals surface area (Å²) in [7, 11) is -3.33. The van der Waals surface area contributed by atoms with Crippen LogP contribution < -0.4 is 17.2 Å². The Morgan fingerprint density at radius 1 is 0.386 bits per heavy atom. The molecule has 23 rings (SSSR count). The van der Waals surface area contributed by atoms with Crippen LogP contribution in [0.4, 0.5) is 15.8 Å². The molecular weight excluding hydrogens is 1770 g/mol. The van der Waals surface area contributed by atoms with Crippen LogP contribution in [-0.4, -0.2) is 132 Å². The first kappa shape index (κ1) is 102. The average molecular weight is 1940 g/mol. The number of halogens is 1. The van der Waals surface area contributed by atoms with Gasteiger partial charge in [0.2, 0.25) is 0 Å². The van der Waals surface area contributed by atoms with Crippen LogP contribution in [0.2, 0.25) is 0 Å². The molecule has 7 aromatic rings. The lowest BCUT2D eigenvalue weighted by molar-refractivity contribution is -0.151. The minimum Gasteiger partial charge on any atom is -0.395 e. The summed E-state index contributed by atoms with van der Waals surface area (Å²) in [6.45, 7) is 34.7. The van der Waals surface area contributed by atoms with Gasteiger partial charge in [-0.25, -0.2) is 17.5 Å². The summed E-state index contributed by atoms with van der Waals surface area (Å²) < 4.78 is 39.8. The molecule has 0 aliphatic heterocycles. The molecule has 10 N–H and O–H groups in total. The first-order valence-electron chi connectivity index (χ1n) is 54.9. The second-order valence-electron chi connectivity index (χ2n) is 53.1. The molecule has 0 radical (unpaired) electrons. The number of hydrogen-bond acceptors (Lipinski definition) is 19. The quantitative estimate of drug-likeness (QED) is 0.0497. The molecule has 4 aromatic carbocycles. The molecule has 22 nitrogen and oxygen atoms in total. The van der Waals surface area contributed by atoms with Crippen molar-refractivity contribution < 1.29 is 52.4 Å². The highest BCUT2D eigenvalue weighted by atomic mass is 32.2. The van der Waals surface area contributed by atoms with Crippen LogP contribution >= 0.6 is 0 Å².